The number of anilines is 1. The molecule has 8 heteroatoms. The molecular formula is C17H26ClN3O3S. The topological polar surface area (TPSA) is 101 Å². The summed E-state index contributed by atoms with van der Waals surface area (Å²) in [6.45, 7) is 1.75. The Balaban J connectivity index is 0.00000225. The predicted octanol–water partition coefficient (Wildman–Crippen LogP) is 2.46. The number of nitrogens with two attached hydrogens (primary N) is 1. The molecular weight excluding hydrogens is 362 g/mol. The van der Waals surface area contributed by atoms with Gasteiger partial charge in [0.2, 0.25) is 15.9 Å². The Morgan fingerprint density at radius 2 is 1.84 bits per heavy atom. The summed E-state index contributed by atoms with van der Waals surface area (Å²) in [4.78, 5) is 12.7. The van der Waals surface area contributed by atoms with Gasteiger partial charge in [0.25, 0.3) is 0 Å². The number of halogens is 1. The zero-order chi connectivity index (χ0) is 17.4. The third kappa shape index (κ3) is 4.73. The van der Waals surface area contributed by atoms with E-state index in [2.05, 4.69) is 10.0 Å². The van der Waals surface area contributed by atoms with Crippen LogP contribution in [0.15, 0.2) is 23.1 Å². The van der Waals surface area contributed by atoms with Gasteiger partial charge in [0.1, 0.15) is 0 Å². The number of rotatable bonds is 5. The molecule has 0 spiro atoms. The molecule has 0 unspecified atom stereocenters. The van der Waals surface area contributed by atoms with Crippen LogP contribution in [0.25, 0.3) is 0 Å². The summed E-state index contributed by atoms with van der Waals surface area (Å²) >= 11 is 0. The van der Waals surface area contributed by atoms with E-state index in [0.717, 1.165) is 32.1 Å². The molecule has 2 saturated carbocycles. The van der Waals surface area contributed by atoms with E-state index in [1.54, 1.807) is 19.1 Å². The quantitative estimate of drug-likeness (QED) is 0.722. The number of carbonyl (C=O) groups excluding carboxylic acids is 1. The van der Waals surface area contributed by atoms with E-state index < -0.39 is 15.6 Å². The summed E-state index contributed by atoms with van der Waals surface area (Å²) in [6.07, 6.45) is 6.09. The fraction of sp³-hybridized carbons (Fsp3) is 0.588. The van der Waals surface area contributed by atoms with E-state index in [1.165, 1.54) is 6.07 Å². The first kappa shape index (κ1) is 20.2. The lowest BCUT2D eigenvalue weighted by atomic mass is 9.82. The Bertz CT molecular complexity index is 742. The van der Waals surface area contributed by atoms with Crippen molar-refractivity contribution in [3.05, 3.63) is 23.8 Å². The van der Waals surface area contributed by atoms with E-state index >= 15 is 0 Å². The minimum Gasteiger partial charge on any atom is -0.324 e. The fourth-order valence-electron chi connectivity index (χ4n) is 3.12. The Morgan fingerprint density at radius 1 is 1.20 bits per heavy atom. The van der Waals surface area contributed by atoms with Gasteiger partial charge in [0.05, 0.1) is 10.4 Å². The highest BCUT2D eigenvalue weighted by Gasteiger charge is 2.35. The maximum atomic E-state index is 12.5. The predicted molar refractivity (Wildman–Crippen MR) is 100 cm³/mol. The molecule has 1 amide bonds. The number of hydrogen-bond acceptors (Lipinski definition) is 4. The van der Waals surface area contributed by atoms with Gasteiger partial charge in [-0.2, -0.15) is 0 Å². The van der Waals surface area contributed by atoms with Crippen molar-refractivity contribution in [3.63, 3.8) is 0 Å². The SMILES string of the molecule is Cc1ccc(NC(=O)C2(N)CCCCC2)cc1S(=O)(=O)NC1CC1.Cl. The first-order valence-electron chi connectivity index (χ1n) is 8.53. The second-order valence-corrected chi connectivity index (χ2v) is 8.73. The summed E-state index contributed by atoms with van der Waals surface area (Å²) in [7, 11) is -3.56. The second-order valence-electron chi connectivity index (χ2n) is 7.05. The lowest BCUT2D eigenvalue weighted by Gasteiger charge is -2.31. The van der Waals surface area contributed by atoms with Gasteiger partial charge in [-0.15, -0.1) is 12.4 Å². The first-order chi connectivity index (χ1) is 11.3. The van der Waals surface area contributed by atoms with Crippen LogP contribution in [-0.2, 0) is 14.8 Å². The average molecular weight is 388 g/mol. The lowest BCUT2D eigenvalue weighted by Crippen LogP contribution is -2.52. The number of sulfonamides is 1. The van der Waals surface area contributed by atoms with Crippen molar-refractivity contribution < 1.29 is 13.2 Å². The maximum Gasteiger partial charge on any atom is 0.244 e. The van der Waals surface area contributed by atoms with Crippen LogP contribution >= 0.6 is 12.4 Å². The molecule has 0 atom stereocenters. The van der Waals surface area contributed by atoms with Gasteiger partial charge in [-0.1, -0.05) is 25.3 Å². The van der Waals surface area contributed by atoms with Crippen LogP contribution < -0.4 is 15.8 Å². The zero-order valence-electron chi connectivity index (χ0n) is 14.4. The van der Waals surface area contributed by atoms with Gasteiger partial charge in [0.15, 0.2) is 0 Å². The van der Waals surface area contributed by atoms with Crippen molar-refractivity contribution >= 4 is 34.0 Å². The van der Waals surface area contributed by atoms with Crippen LogP contribution in [0.1, 0.15) is 50.5 Å². The summed E-state index contributed by atoms with van der Waals surface area (Å²) in [6, 6.07) is 4.99. The third-order valence-electron chi connectivity index (χ3n) is 4.83. The molecule has 4 N–H and O–H groups in total. The normalized spacial score (nSPS) is 19.8. The first-order valence-corrected chi connectivity index (χ1v) is 10.0. The summed E-state index contributed by atoms with van der Waals surface area (Å²) < 4.78 is 27.6. The van der Waals surface area contributed by atoms with Crippen molar-refractivity contribution in [2.24, 2.45) is 5.73 Å². The third-order valence-corrected chi connectivity index (χ3v) is 6.50. The van der Waals surface area contributed by atoms with Gasteiger partial charge in [-0.05, 0) is 50.3 Å². The van der Waals surface area contributed by atoms with Gasteiger partial charge in [-0.25, -0.2) is 13.1 Å². The molecule has 2 aliphatic carbocycles. The van der Waals surface area contributed by atoms with Gasteiger partial charge in [0, 0.05) is 11.7 Å². The molecule has 0 heterocycles. The minimum absolute atomic E-state index is 0. The number of carbonyl (C=O) groups is 1. The standard InChI is InChI=1S/C17H25N3O3S.ClH/c1-12-5-6-14(11-15(12)24(22,23)20-13-7-8-13)19-16(21)17(18)9-3-2-4-10-17;/h5-6,11,13,20H,2-4,7-10,18H2,1H3,(H,19,21);1H. The number of nitrogens with one attached hydrogen (secondary N) is 2. The highest BCUT2D eigenvalue weighted by atomic mass is 35.5. The number of hydrogen-bond donors (Lipinski definition) is 3. The largest absolute Gasteiger partial charge is 0.324 e. The molecule has 0 radical (unpaired) electrons. The molecule has 0 aliphatic heterocycles. The van der Waals surface area contributed by atoms with E-state index in [1.807, 2.05) is 0 Å². The van der Waals surface area contributed by atoms with E-state index in [0.29, 0.717) is 24.1 Å². The molecule has 3 rings (SSSR count). The van der Waals surface area contributed by atoms with Gasteiger partial charge < -0.3 is 11.1 Å². The summed E-state index contributed by atoms with van der Waals surface area (Å²) in [5, 5.41) is 2.80. The molecule has 2 fully saturated rings. The molecule has 1 aromatic carbocycles. The summed E-state index contributed by atoms with van der Waals surface area (Å²) in [5.74, 6) is -0.232. The number of benzene rings is 1. The van der Waals surface area contributed by atoms with Crippen molar-refractivity contribution in [1.82, 2.24) is 4.72 Å². The Morgan fingerprint density at radius 3 is 2.44 bits per heavy atom. The molecule has 1 aromatic rings. The van der Waals surface area contributed by atoms with Crippen LogP contribution in [0.2, 0.25) is 0 Å². The monoisotopic (exact) mass is 387 g/mol. The highest BCUT2D eigenvalue weighted by Crippen LogP contribution is 2.29. The molecule has 2 aliphatic rings. The summed E-state index contributed by atoms with van der Waals surface area (Å²) in [5.41, 5.74) is 6.51. The average Bonchev–Trinajstić information content (AvgIpc) is 3.33. The van der Waals surface area contributed by atoms with Crippen LogP contribution in [-0.4, -0.2) is 25.9 Å². The molecule has 0 saturated heterocycles. The van der Waals surface area contributed by atoms with Gasteiger partial charge >= 0.3 is 0 Å². The molecule has 6 nitrogen and oxygen atoms in total. The molecule has 0 bridgehead atoms. The van der Waals surface area contributed by atoms with Crippen LogP contribution in [0.4, 0.5) is 5.69 Å². The second kappa shape index (κ2) is 7.61. The number of amides is 1. The van der Waals surface area contributed by atoms with Crippen LogP contribution in [0, 0.1) is 6.92 Å². The lowest BCUT2D eigenvalue weighted by molar-refractivity contribution is -0.122. The fourth-order valence-corrected chi connectivity index (χ4v) is 4.69. The van der Waals surface area contributed by atoms with Crippen LogP contribution in [0.5, 0.6) is 0 Å². The van der Waals surface area contributed by atoms with Crippen molar-refractivity contribution in [2.75, 3.05) is 5.32 Å². The van der Waals surface area contributed by atoms with E-state index in [9.17, 15) is 13.2 Å². The smallest absolute Gasteiger partial charge is 0.244 e. The van der Waals surface area contributed by atoms with Crippen molar-refractivity contribution in [2.45, 2.75) is 68.3 Å². The van der Waals surface area contributed by atoms with Crippen LogP contribution in [0.3, 0.4) is 0 Å². The zero-order valence-corrected chi connectivity index (χ0v) is 16.0. The Kier molecular flexibility index (Phi) is 6.14. The molecule has 140 valence electrons. The van der Waals surface area contributed by atoms with Crippen molar-refractivity contribution in [3.8, 4) is 0 Å². The van der Waals surface area contributed by atoms with E-state index in [4.69, 9.17) is 5.73 Å². The maximum absolute atomic E-state index is 12.5. The number of aryl methyl sites for hydroxylation is 1. The van der Waals surface area contributed by atoms with Crippen molar-refractivity contribution in [1.29, 1.82) is 0 Å². The Hall–Kier alpha value is -1.15. The molecule has 0 aromatic heterocycles. The highest BCUT2D eigenvalue weighted by molar-refractivity contribution is 7.89. The van der Waals surface area contributed by atoms with Gasteiger partial charge in [-0.3, -0.25) is 4.79 Å². The molecule has 25 heavy (non-hydrogen) atoms. The van der Waals surface area contributed by atoms with E-state index in [-0.39, 0.29) is 29.3 Å². The Labute approximate surface area is 155 Å². The minimum atomic E-state index is -3.56.